The van der Waals surface area contributed by atoms with Crippen molar-refractivity contribution in [1.82, 2.24) is 5.32 Å². The zero-order chi connectivity index (χ0) is 10.8. The molecule has 0 spiro atoms. The van der Waals surface area contributed by atoms with E-state index in [0.717, 1.165) is 12.8 Å². The van der Waals surface area contributed by atoms with Crippen molar-refractivity contribution in [1.29, 1.82) is 0 Å². The molecule has 0 radical (unpaired) electrons. The maximum absolute atomic E-state index is 8.96. The Kier molecular flexibility index (Phi) is 14.3. The van der Waals surface area contributed by atoms with Gasteiger partial charge in [-0.1, -0.05) is 39.0 Å². The SMILES string of the molecule is CCCCCCCCNC(O)C(O)O.Cl. The Balaban J connectivity index is 0. The Morgan fingerprint density at radius 3 is 2.00 bits per heavy atom. The molecule has 94 valence electrons. The quantitative estimate of drug-likeness (QED) is 0.359. The normalized spacial score (nSPS) is 12.6. The molecule has 0 bridgehead atoms. The lowest BCUT2D eigenvalue weighted by Gasteiger charge is -2.13. The zero-order valence-electron chi connectivity index (χ0n) is 9.35. The van der Waals surface area contributed by atoms with Gasteiger partial charge >= 0.3 is 0 Å². The number of nitrogens with one attached hydrogen (secondary N) is 1. The first-order chi connectivity index (χ1) is 6.68. The summed E-state index contributed by atoms with van der Waals surface area (Å²) in [5.41, 5.74) is 0. The van der Waals surface area contributed by atoms with Crippen molar-refractivity contribution >= 4 is 12.4 Å². The lowest BCUT2D eigenvalue weighted by Crippen LogP contribution is -2.39. The molecule has 0 saturated heterocycles. The van der Waals surface area contributed by atoms with Crippen LogP contribution in [-0.4, -0.2) is 34.4 Å². The topological polar surface area (TPSA) is 72.7 Å². The highest BCUT2D eigenvalue weighted by molar-refractivity contribution is 5.85. The summed E-state index contributed by atoms with van der Waals surface area (Å²) in [7, 11) is 0. The summed E-state index contributed by atoms with van der Waals surface area (Å²) in [6, 6.07) is 0. The third-order valence-electron chi connectivity index (χ3n) is 2.17. The molecule has 15 heavy (non-hydrogen) atoms. The van der Waals surface area contributed by atoms with Crippen molar-refractivity contribution < 1.29 is 15.3 Å². The van der Waals surface area contributed by atoms with Crippen molar-refractivity contribution in [2.75, 3.05) is 6.54 Å². The number of aliphatic hydroxyl groups excluding tert-OH is 2. The van der Waals surface area contributed by atoms with Crippen molar-refractivity contribution in [3.05, 3.63) is 0 Å². The highest BCUT2D eigenvalue weighted by Gasteiger charge is 2.09. The van der Waals surface area contributed by atoms with Gasteiger partial charge in [0.25, 0.3) is 0 Å². The van der Waals surface area contributed by atoms with Gasteiger partial charge in [0, 0.05) is 0 Å². The van der Waals surface area contributed by atoms with Crippen LogP contribution in [0.1, 0.15) is 45.4 Å². The molecule has 0 aliphatic rings. The Labute approximate surface area is 98.1 Å². The number of unbranched alkanes of at least 4 members (excludes halogenated alkanes) is 5. The molecule has 1 unspecified atom stereocenters. The first-order valence-electron chi connectivity index (χ1n) is 5.46. The highest BCUT2D eigenvalue weighted by Crippen LogP contribution is 2.04. The van der Waals surface area contributed by atoms with E-state index in [1.165, 1.54) is 25.7 Å². The largest absolute Gasteiger partial charge is 0.373 e. The number of aliphatic hydroxyl groups is 3. The van der Waals surface area contributed by atoms with Crippen LogP contribution in [0.15, 0.2) is 0 Å². The monoisotopic (exact) mass is 241 g/mol. The second-order valence-corrected chi connectivity index (χ2v) is 3.58. The fourth-order valence-corrected chi connectivity index (χ4v) is 1.26. The molecule has 4 nitrogen and oxygen atoms in total. The molecular weight excluding hydrogens is 218 g/mol. The summed E-state index contributed by atoms with van der Waals surface area (Å²) in [5, 5.41) is 28.7. The van der Waals surface area contributed by atoms with Crippen molar-refractivity contribution in [3.63, 3.8) is 0 Å². The second kappa shape index (κ2) is 12.2. The van der Waals surface area contributed by atoms with Gasteiger partial charge in [-0.15, -0.1) is 12.4 Å². The fraction of sp³-hybridized carbons (Fsp3) is 1.00. The second-order valence-electron chi connectivity index (χ2n) is 3.58. The number of hydrogen-bond donors (Lipinski definition) is 4. The summed E-state index contributed by atoms with van der Waals surface area (Å²) in [4.78, 5) is 0. The van der Waals surface area contributed by atoms with E-state index < -0.39 is 12.5 Å². The predicted molar refractivity (Wildman–Crippen MR) is 62.9 cm³/mol. The van der Waals surface area contributed by atoms with Crippen molar-refractivity contribution in [2.45, 2.75) is 58.0 Å². The molecule has 0 fully saturated rings. The van der Waals surface area contributed by atoms with Gasteiger partial charge in [-0.05, 0) is 13.0 Å². The van der Waals surface area contributed by atoms with E-state index in [1.807, 2.05) is 0 Å². The molecule has 0 aliphatic heterocycles. The summed E-state index contributed by atoms with van der Waals surface area (Å²) >= 11 is 0. The van der Waals surface area contributed by atoms with Gasteiger partial charge in [0.2, 0.25) is 0 Å². The average Bonchev–Trinajstić information content (AvgIpc) is 2.16. The van der Waals surface area contributed by atoms with E-state index in [9.17, 15) is 0 Å². The molecule has 0 aromatic heterocycles. The Hall–Kier alpha value is 0.130. The molecule has 5 heteroatoms. The molecule has 1 atom stereocenters. The summed E-state index contributed by atoms with van der Waals surface area (Å²) in [6.45, 7) is 2.81. The lowest BCUT2D eigenvalue weighted by atomic mass is 10.1. The molecule has 0 saturated carbocycles. The van der Waals surface area contributed by atoms with Gasteiger partial charge in [0.15, 0.2) is 12.5 Å². The lowest BCUT2D eigenvalue weighted by molar-refractivity contribution is -0.132. The van der Waals surface area contributed by atoms with E-state index >= 15 is 0 Å². The molecule has 4 N–H and O–H groups in total. The predicted octanol–water partition coefficient (Wildman–Crippen LogP) is 0.987. The zero-order valence-corrected chi connectivity index (χ0v) is 10.2. The molecule has 0 amide bonds. The minimum Gasteiger partial charge on any atom is -0.373 e. The van der Waals surface area contributed by atoms with Crippen LogP contribution in [0.2, 0.25) is 0 Å². The van der Waals surface area contributed by atoms with Gasteiger partial charge in [0.05, 0.1) is 0 Å². The first kappa shape index (κ1) is 17.5. The van der Waals surface area contributed by atoms with Gasteiger partial charge < -0.3 is 15.3 Å². The molecular formula is C10H24ClNO3. The maximum Gasteiger partial charge on any atom is 0.192 e. The van der Waals surface area contributed by atoms with Crippen LogP contribution < -0.4 is 5.32 Å². The third-order valence-corrected chi connectivity index (χ3v) is 2.17. The third kappa shape index (κ3) is 12.1. The van der Waals surface area contributed by atoms with Gasteiger partial charge in [-0.3, -0.25) is 5.32 Å². The van der Waals surface area contributed by atoms with E-state index in [0.29, 0.717) is 6.54 Å². The fourth-order valence-electron chi connectivity index (χ4n) is 1.26. The first-order valence-corrected chi connectivity index (χ1v) is 5.46. The standard InChI is InChI=1S/C10H23NO3.ClH/c1-2-3-4-5-6-7-8-11-9(12)10(13)14;/h9-14H,2-8H2,1H3;1H. The van der Waals surface area contributed by atoms with Crippen LogP contribution in [0, 0.1) is 0 Å². The summed E-state index contributed by atoms with van der Waals surface area (Å²) < 4.78 is 0. The molecule has 0 aromatic rings. The van der Waals surface area contributed by atoms with E-state index in [1.54, 1.807) is 0 Å². The van der Waals surface area contributed by atoms with Crippen LogP contribution in [0.4, 0.5) is 0 Å². The number of hydrogen-bond acceptors (Lipinski definition) is 4. The molecule has 0 rings (SSSR count). The number of rotatable bonds is 9. The summed E-state index contributed by atoms with van der Waals surface area (Å²) in [5.74, 6) is 0. The van der Waals surface area contributed by atoms with Crippen LogP contribution in [0.3, 0.4) is 0 Å². The number of halogens is 1. The summed E-state index contributed by atoms with van der Waals surface area (Å²) in [6.07, 6.45) is 4.20. The van der Waals surface area contributed by atoms with Gasteiger partial charge in [0.1, 0.15) is 0 Å². The van der Waals surface area contributed by atoms with Gasteiger partial charge in [-0.2, -0.15) is 0 Å². The Morgan fingerprint density at radius 2 is 1.47 bits per heavy atom. The Morgan fingerprint density at radius 1 is 0.933 bits per heavy atom. The highest BCUT2D eigenvalue weighted by atomic mass is 35.5. The van der Waals surface area contributed by atoms with Crippen molar-refractivity contribution in [2.24, 2.45) is 0 Å². The van der Waals surface area contributed by atoms with Crippen molar-refractivity contribution in [3.8, 4) is 0 Å². The molecule has 0 aromatic carbocycles. The van der Waals surface area contributed by atoms with E-state index in [-0.39, 0.29) is 12.4 Å². The molecule has 0 heterocycles. The smallest absolute Gasteiger partial charge is 0.192 e. The molecule has 0 aliphatic carbocycles. The van der Waals surface area contributed by atoms with Crippen LogP contribution >= 0.6 is 12.4 Å². The minimum atomic E-state index is -1.69. The van der Waals surface area contributed by atoms with E-state index in [2.05, 4.69) is 12.2 Å². The maximum atomic E-state index is 8.96. The van der Waals surface area contributed by atoms with Crippen LogP contribution in [0.25, 0.3) is 0 Å². The Bertz CT molecular complexity index is 125. The minimum absolute atomic E-state index is 0. The van der Waals surface area contributed by atoms with Crippen LogP contribution in [-0.2, 0) is 0 Å². The van der Waals surface area contributed by atoms with Crippen LogP contribution in [0.5, 0.6) is 0 Å². The van der Waals surface area contributed by atoms with Gasteiger partial charge in [-0.25, -0.2) is 0 Å². The van der Waals surface area contributed by atoms with E-state index in [4.69, 9.17) is 15.3 Å². The average molecular weight is 242 g/mol.